The maximum Gasteiger partial charge on any atom is 0.309 e. The van der Waals surface area contributed by atoms with E-state index in [0.717, 1.165) is 117 Å². The average Bonchev–Trinajstić information content (AvgIpc) is 4.04. The number of benzene rings is 2. The lowest BCUT2D eigenvalue weighted by Crippen LogP contribution is -2.34. The number of aryl methyl sites for hydroxylation is 1. The van der Waals surface area contributed by atoms with Gasteiger partial charge in [0, 0.05) is 69.2 Å². The Morgan fingerprint density at radius 2 is 1.82 bits per heavy atom. The molecule has 4 N–H and O–H groups in total. The Hall–Kier alpha value is -4.56. The maximum atomic E-state index is 13.9. The second-order valence-electron chi connectivity index (χ2n) is 16.6. The number of halogens is 1. The number of aliphatic hydroxyl groups is 1. The van der Waals surface area contributed by atoms with Crippen LogP contribution in [0.5, 0.6) is 0 Å². The fourth-order valence-electron chi connectivity index (χ4n) is 10.4. The third-order valence-corrected chi connectivity index (χ3v) is 13.9. The van der Waals surface area contributed by atoms with Gasteiger partial charge in [0.1, 0.15) is 0 Å². The number of aliphatic carboxylic acids is 1. The zero-order valence-corrected chi connectivity index (χ0v) is 32.6. The van der Waals surface area contributed by atoms with E-state index < -0.39 is 11.4 Å². The van der Waals surface area contributed by atoms with Gasteiger partial charge in [-0.25, -0.2) is 4.98 Å². The second-order valence-corrected chi connectivity index (χ2v) is 17.0. The minimum Gasteiger partial charge on any atom is -0.481 e. The Kier molecular flexibility index (Phi) is 9.54. The van der Waals surface area contributed by atoms with Crippen molar-refractivity contribution in [1.29, 1.82) is 0 Å². The molecule has 3 aliphatic heterocycles. The van der Waals surface area contributed by atoms with Gasteiger partial charge < -0.3 is 30.3 Å². The topological polar surface area (TPSA) is 158 Å². The summed E-state index contributed by atoms with van der Waals surface area (Å²) in [6.45, 7) is 4.25. The summed E-state index contributed by atoms with van der Waals surface area (Å²) in [5.74, 6) is -0.769. The SMILES string of the molecule is Cn1c(C(=O)Nc2cccc(-c3cccc4c3CCN4C(=O)c3cc4n(n3)CCCC4NCCO)c2Cl)nc2c1CCN(CCC13CCC(C(=O)O)(CC1)C3)C2. The van der Waals surface area contributed by atoms with Crippen molar-refractivity contribution in [2.45, 2.75) is 83.3 Å². The Labute approximate surface area is 331 Å². The van der Waals surface area contributed by atoms with Gasteiger partial charge in [-0.3, -0.25) is 24.0 Å². The molecule has 1 unspecified atom stereocenters. The molecule has 2 aromatic carbocycles. The van der Waals surface area contributed by atoms with E-state index >= 15 is 0 Å². The second kappa shape index (κ2) is 14.4. The predicted octanol–water partition coefficient (Wildman–Crippen LogP) is 5.59. The van der Waals surface area contributed by atoms with Gasteiger partial charge in [0.15, 0.2) is 11.5 Å². The maximum absolute atomic E-state index is 13.9. The van der Waals surface area contributed by atoms with Gasteiger partial charge >= 0.3 is 5.97 Å². The molecule has 2 amide bonds. The van der Waals surface area contributed by atoms with Crippen LogP contribution in [0.1, 0.15) is 101 Å². The van der Waals surface area contributed by atoms with Crippen LogP contribution in [0.4, 0.5) is 11.4 Å². The van der Waals surface area contributed by atoms with Gasteiger partial charge in [-0.15, -0.1) is 0 Å². The van der Waals surface area contributed by atoms with E-state index in [9.17, 15) is 24.6 Å². The first kappa shape index (κ1) is 37.0. The molecule has 5 heterocycles. The summed E-state index contributed by atoms with van der Waals surface area (Å²) in [6, 6.07) is 13.4. The van der Waals surface area contributed by atoms with Crippen molar-refractivity contribution in [3.05, 3.63) is 81.7 Å². The number of amides is 2. The highest BCUT2D eigenvalue weighted by Gasteiger charge is 2.57. The van der Waals surface area contributed by atoms with Gasteiger partial charge in [-0.1, -0.05) is 35.9 Å². The van der Waals surface area contributed by atoms with Crippen molar-refractivity contribution in [3.8, 4) is 11.1 Å². The molecule has 4 aromatic rings. The normalized spacial score (nSPS) is 23.9. The highest BCUT2D eigenvalue weighted by molar-refractivity contribution is 6.36. The molecule has 2 fully saturated rings. The lowest BCUT2D eigenvalue weighted by molar-refractivity contribution is -0.148. The molecule has 5 aliphatic rings. The summed E-state index contributed by atoms with van der Waals surface area (Å²) in [4.78, 5) is 48.7. The van der Waals surface area contributed by atoms with E-state index in [4.69, 9.17) is 16.6 Å². The van der Waals surface area contributed by atoms with Crippen molar-refractivity contribution in [1.82, 2.24) is 29.5 Å². The standard InChI is InChI=1S/C42H49ClN8O5/c1-48-34-11-19-49(21-16-41-12-14-42(25-41,15-13-41)40(55)56)24-32(34)45-37(48)38(53)46-30-7-2-6-28(36(30)43)26-5-3-9-33-27(26)10-20-50(33)39(54)31-23-35-29(44-17-22-52)8-4-18-51(35)47-31/h2-3,5-7,9,23,29,44,52H,4,8,10-22,24-25H2,1H3,(H,46,53)(H,55,56). The van der Waals surface area contributed by atoms with Crippen LogP contribution in [0.15, 0.2) is 42.5 Å². The van der Waals surface area contributed by atoms with Crippen LogP contribution in [0.3, 0.4) is 0 Å². The number of imidazole rings is 1. The quantitative estimate of drug-likeness (QED) is 0.152. The van der Waals surface area contributed by atoms with Crippen LogP contribution in [-0.4, -0.2) is 85.0 Å². The molecule has 0 radical (unpaired) electrons. The zero-order valence-electron chi connectivity index (χ0n) is 31.8. The van der Waals surface area contributed by atoms with E-state index in [2.05, 4.69) is 20.6 Å². The first-order valence-corrected chi connectivity index (χ1v) is 20.4. The molecule has 9 rings (SSSR count). The highest BCUT2D eigenvalue weighted by Crippen LogP contribution is 2.63. The summed E-state index contributed by atoms with van der Waals surface area (Å²) >= 11 is 7.08. The molecule has 2 aliphatic carbocycles. The number of aliphatic hydroxyl groups excluding tert-OH is 1. The van der Waals surface area contributed by atoms with Gasteiger partial charge in [0.05, 0.1) is 34.1 Å². The van der Waals surface area contributed by atoms with Crippen molar-refractivity contribution < 1.29 is 24.6 Å². The molecule has 2 bridgehead atoms. The number of nitrogens with one attached hydrogen (secondary N) is 2. The van der Waals surface area contributed by atoms with Gasteiger partial charge in [0.25, 0.3) is 11.8 Å². The number of fused-ring (bicyclic) bond motifs is 5. The number of nitrogens with zero attached hydrogens (tertiary/aromatic N) is 6. The number of hydrogen-bond donors (Lipinski definition) is 4. The molecule has 294 valence electrons. The molecule has 14 heteroatoms. The molecule has 1 atom stereocenters. The Balaban J connectivity index is 0.888. The van der Waals surface area contributed by atoms with Gasteiger partial charge in [0.2, 0.25) is 0 Å². The fraction of sp³-hybridized carbons (Fsp3) is 0.500. The first-order valence-electron chi connectivity index (χ1n) is 20.0. The van der Waals surface area contributed by atoms with Gasteiger partial charge in [-0.2, -0.15) is 5.10 Å². The van der Waals surface area contributed by atoms with Crippen LogP contribution in [0.2, 0.25) is 5.02 Å². The fourth-order valence-corrected chi connectivity index (χ4v) is 10.7. The first-order chi connectivity index (χ1) is 27.1. The van der Waals surface area contributed by atoms with E-state index in [1.165, 1.54) is 0 Å². The van der Waals surface area contributed by atoms with Crippen LogP contribution in [0, 0.1) is 10.8 Å². The third-order valence-electron chi connectivity index (χ3n) is 13.5. The van der Waals surface area contributed by atoms with E-state index in [1.807, 2.05) is 52.7 Å². The Bertz CT molecular complexity index is 2220. The Morgan fingerprint density at radius 3 is 2.61 bits per heavy atom. The third kappa shape index (κ3) is 6.32. The predicted molar refractivity (Wildman–Crippen MR) is 212 cm³/mol. The summed E-state index contributed by atoms with van der Waals surface area (Å²) in [7, 11) is 1.89. The van der Waals surface area contributed by atoms with Crippen molar-refractivity contribution in [2.24, 2.45) is 17.9 Å². The number of aromatic nitrogens is 4. The van der Waals surface area contributed by atoms with E-state index in [-0.39, 0.29) is 29.9 Å². The lowest BCUT2D eigenvalue weighted by atomic mass is 9.80. The minimum absolute atomic E-state index is 0.0503. The van der Waals surface area contributed by atoms with Crippen molar-refractivity contribution in [3.63, 3.8) is 0 Å². The van der Waals surface area contributed by atoms with Crippen molar-refractivity contribution in [2.75, 3.05) is 43.0 Å². The van der Waals surface area contributed by atoms with Crippen LogP contribution >= 0.6 is 11.6 Å². The summed E-state index contributed by atoms with van der Waals surface area (Å²) in [5, 5.41) is 30.7. The van der Waals surface area contributed by atoms with E-state index in [0.29, 0.717) is 48.3 Å². The molecule has 2 aromatic heterocycles. The number of hydrogen-bond acceptors (Lipinski definition) is 8. The summed E-state index contributed by atoms with van der Waals surface area (Å²) < 4.78 is 3.81. The molecular weight excluding hydrogens is 732 g/mol. The minimum atomic E-state index is -0.622. The molecular formula is C42H49ClN8O5. The average molecular weight is 781 g/mol. The number of carbonyl (C=O) groups excluding carboxylic acids is 2. The molecule has 56 heavy (non-hydrogen) atoms. The lowest BCUT2D eigenvalue weighted by Gasteiger charge is -2.32. The summed E-state index contributed by atoms with van der Waals surface area (Å²) in [5.41, 5.74) is 6.99. The monoisotopic (exact) mass is 780 g/mol. The summed E-state index contributed by atoms with van der Waals surface area (Å²) in [6.07, 6.45) is 8.72. The number of carbonyl (C=O) groups is 3. The van der Waals surface area contributed by atoms with Crippen molar-refractivity contribution >= 4 is 40.8 Å². The largest absolute Gasteiger partial charge is 0.481 e. The smallest absolute Gasteiger partial charge is 0.309 e. The van der Waals surface area contributed by atoms with Crippen LogP contribution in [0.25, 0.3) is 11.1 Å². The number of rotatable bonds is 11. The zero-order chi connectivity index (χ0) is 38.8. The number of anilines is 2. The van der Waals surface area contributed by atoms with Gasteiger partial charge in [-0.05, 0) is 99.1 Å². The Morgan fingerprint density at radius 1 is 1.02 bits per heavy atom. The molecule has 0 spiro atoms. The number of carboxylic acid groups (broad SMARTS) is 1. The number of carboxylic acids is 1. The molecule has 0 saturated heterocycles. The van der Waals surface area contributed by atoms with Crippen LogP contribution in [-0.2, 0) is 37.8 Å². The van der Waals surface area contributed by atoms with Crippen LogP contribution < -0.4 is 15.5 Å². The highest BCUT2D eigenvalue weighted by atomic mass is 35.5. The molecule has 2 saturated carbocycles. The molecule has 13 nitrogen and oxygen atoms in total. The van der Waals surface area contributed by atoms with E-state index in [1.54, 1.807) is 11.0 Å².